The van der Waals surface area contributed by atoms with Crippen molar-refractivity contribution < 1.29 is 0 Å². The molecule has 0 bridgehead atoms. The van der Waals surface area contributed by atoms with Gasteiger partial charge in [-0.2, -0.15) is 0 Å². The molecule has 0 aliphatic carbocycles. The fourth-order valence-electron chi connectivity index (χ4n) is 2.30. The Hall–Kier alpha value is 0.180. The second-order valence-corrected chi connectivity index (χ2v) is 6.78. The van der Waals surface area contributed by atoms with Crippen molar-refractivity contribution in [2.24, 2.45) is 5.92 Å². The van der Waals surface area contributed by atoms with Crippen molar-refractivity contribution in [2.75, 3.05) is 0 Å². The lowest BCUT2D eigenvalue weighted by molar-refractivity contribution is 0.427. The summed E-state index contributed by atoms with van der Waals surface area (Å²) in [6.07, 6.45) is 6.36. The van der Waals surface area contributed by atoms with Crippen molar-refractivity contribution in [1.82, 2.24) is 0 Å². The van der Waals surface area contributed by atoms with Crippen LogP contribution in [0.2, 0.25) is 0 Å². The predicted octanol–water partition coefficient (Wildman–Crippen LogP) is 5.97. The lowest BCUT2D eigenvalue weighted by Gasteiger charge is -2.22. The summed E-state index contributed by atoms with van der Waals surface area (Å²) in [5, 5.41) is 0. The van der Waals surface area contributed by atoms with Crippen LogP contribution in [0.1, 0.15) is 45.1 Å². The van der Waals surface area contributed by atoms with Crippen LogP contribution in [0.3, 0.4) is 0 Å². The number of halogens is 2. The number of rotatable bonds is 7. The molecule has 1 rings (SSSR count). The van der Waals surface area contributed by atoms with E-state index < -0.39 is 0 Å². The average molecular weight is 362 g/mol. The van der Waals surface area contributed by atoms with Gasteiger partial charge in [0.25, 0.3) is 0 Å². The molecule has 0 aliphatic rings. The normalized spacial score (nSPS) is 13.0. The highest BCUT2D eigenvalue weighted by molar-refractivity contribution is 9.10. The Bertz CT molecular complexity index is 316. The van der Waals surface area contributed by atoms with Gasteiger partial charge in [0.1, 0.15) is 0 Å². The predicted molar refractivity (Wildman–Crippen MR) is 83.9 cm³/mol. The summed E-state index contributed by atoms with van der Waals surface area (Å²) in [4.78, 5) is 0.608. The Morgan fingerprint density at radius 3 is 2.29 bits per heavy atom. The van der Waals surface area contributed by atoms with Crippen molar-refractivity contribution >= 4 is 31.9 Å². The van der Waals surface area contributed by atoms with Crippen LogP contribution >= 0.6 is 31.9 Å². The molecular weight excluding hydrogens is 340 g/mol. The maximum Gasteiger partial charge on any atom is 0.0214 e. The van der Waals surface area contributed by atoms with Crippen LogP contribution in [-0.4, -0.2) is 4.83 Å². The van der Waals surface area contributed by atoms with Crippen LogP contribution in [0.4, 0.5) is 0 Å². The van der Waals surface area contributed by atoms with Gasteiger partial charge in [-0.1, -0.05) is 70.7 Å². The molecule has 17 heavy (non-hydrogen) atoms. The number of hydrogen-bond acceptors (Lipinski definition) is 0. The van der Waals surface area contributed by atoms with Crippen molar-refractivity contribution in [3.8, 4) is 0 Å². The van der Waals surface area contributed by atoms with Crippen molar-refractivity contribution in [1.29, 1.82) is 0 Å². The summed E-state index contributed by atoms with van der Waals surface area (Å²) in [5.74, 6) is 0.809. The van der Waals surface area contributed by atoms with Crippen LogP contribution in [0.25, 0.3) is 0 Å². The summed E-state index contributed by atoms with van der Waals surface area (Å²) in [7, 11) is 0. The molecule has 0 spiro atoms. The first-order valence-electron chi connectivity index (χ1n) is 6.55. The van der Waals surface area contributed by atoms with E-state index in [1.165, 1.54) is 35.7 Å². The first-order chi connectivity index (χ1) is 8.17. The Balaban J connectivity index is 2.59. The van der Waals surface area contributed by atoms with Crippen LogP contribution < -0.4 is 0 Å². The van der Waals surface area contributed by atoms with E-state index in [0.717, 1.165) is 12.3 Å². The van der Waals surface area contributed by atoms with Gasteiger partial charge < -0.3 is 0 Å². The van der Waals surface area contributed by atoms with Crippen LogP contribution in [0.5, 0.6) is 0 Å². The molecular formula is C15H22Br2. The first-order valence-corrected chi connectivity index (χ1v) is 8.26. The highest BCUT2D eigenvalue weighted by atomic mass is 79.9. The second-order valence-electron chi connectivity index (χ2n) is 4.69. The second kappa shape index (κ2) is 8.31. The molecule has 0 heterocycles. The van der Waals surface area contributed by atoms with Gasteiger partial charge in [0.05, 0.1) is 0 Å². The van der Waals surface area contributed by atoms with E-state index in [1.54, 1.807) is 0 Å². The topological polar surface area (TPSA) is 0 Å². The van der Waals surface area contributed by atoms with Crippen LogP contribution in [-0.2, 0) is 6.42 Å². The maximum absolute atomic E-state index is 3.89. The number of alkyl halides is 1. The smallest absolute Gasteiger partial charge is 0.0214 e. The summed E-state index contributed by atoms with van der Waals surface area (Å²) in [5.41, 5.74) is 1.42. The molecule has 0 fully saturated rings. The molecule has 0 aliphatic heterocycles. The summed E-state index contributed by atoms with van der Waals surface area (Å²) in [6, 6.07) is 8.65. The zero-order valence-corrected chi connectivity index (χ0v) is 13.9. The van der Waals surface area contributed by atoms with E-state index in [9.17, 15) is 0 Å². The molecule has 1 aromatic carbocycles. The Morgan fingerprint density at radius 1 is 1.12 bits per heavy atom. The highest BCUT2D eigenvalue weighted by Crippen LogP contribution is 2.27. The first kappa shape index (κ1) is 15.2. The number of benzene rings is 1. The standard InChI is InChI=1S/C15H22Br2/c1-3-6-13(7-4-2)15(17)11-12-8-5-9-14(16)10-12/h5,8-10,13,15H,3-4,6-7,11H2,1-2H3. The van der Waals surface area contributed by atoms with E-state index in [1.807, 2.05) is 0 Å². The molecule has 0 aromatic heterocycles. The Labute approximate surface area is 122 Å². The molecule has 0 radical (unpaired) electrons. The zero-order chi connectivity index (χ0) is 12.7. The Morgan fingerprint density at radius 2 is 1.76 bits per heavy atom. The largest absolute Gasteiger partial charge is 0.0884 e. The molecule has 1 unspecified atom stereocenters. The molecule has 1 aromatic rings. The third-order valence-electron chi connectivity index (χ3n) is 3.15. The lowest BCUT2D eigenvalue weighted by Crippen LogP contribution is -2.17. The SMILES string of the molecule is CCCC(CCC)C(Br)Cc1cccc(Br)c1. The van der Waals surface area contributed by atoms with Gasteiger partial charge in [-0.05, 0) is 42.9 Å². The van der Waals surface area contributed by atoms with E-state index in [-0.39, 0.29) is 0 Å². The van der Waals surface area contributed by atoms with Crippen molar-refractivity contribution in [3.05, 3.63) is 34.3 Å². The molecule has 0 amide bonds. The highest BCUT2D eigenvalue weighted by Gasteiger charge is 2.17. The molecule has 1 atom stereocenters. The molecule has 0 saturated heterocycles. The minimum atomic E-state index is 0.608. The van der Waals surface area contributed by atoms with E-state index >= 15 is 0 Å². The van der Waals surface area contributed by atoms with Gasteiger partial charge in [0.15, 0.2) is 0 Å². The third kappa shape index (κ3) is 5.56. The zero-order valence-electron chi connectivity index (χ0n) is 10.8. The van der Waals surface area contributed by atoms with Crippen LogP contribution in [0, 0.1) is 5.92 Å². The maximum atomic E-state index is 3.89. The minimum absolute atomic E-state index is 0.608. The van der Waals surface area contributed by atoms with E-state index in [4.69, 9.17) is 0 Å². The quantitative estimate of drug-likeness (QED) is 0.524. The van der Waals surface area contributed by atoms with E-state index in [0.29, 0.717) is 4.83 Å². The monoisotopic (exact) mass is 360 g/mol. The lowest BCUT2D eigenvalue weighted by atomic mass is 9.91. The third-order valence-corrected chi connectivity index (χ3v) is 4.71. The average Bonchev–Trinajstić information content (AvgIpc) is 2.28. The van der Waals surface area contributed by atoms with E-state index in [2.05, 4.69) is 70.0 Å². The van der Waals surface area contributed by atoms with Gasteiger partial charge in [-0.25, -0.2) is 0 Å². The fourth-order valence-corrected chi connectivity index (χ4v) is 3.65. The van der Waals surface area contributed by atoms with Gasteiger partial charge in [0.2, 0.25) is 0 Å². The molecule has 0 nitrogen and oxygen atoms in total. The Kier molecular flexibility index (Phi) is 7.45. The number of hydrogen-bond donors (Lipinski definition) is 0. The van der Waals surface area contributed by atoms with Gasteiger partial charge in [0, 0.05) is 9.30 Å². The molecule has 0 saturated carbocycles. The molecule has 2 heteroatoms. The molecule has 0 N–H and O–H groups in total. The van der Waals surface area contributed by atoms with Gasteiger partial charge in [-0.15, -0.1) is 0 Å². The fraction of sp³-hybridized carbons (Fsp3) is 0.600. The summed E-state index contributed by atoms with van der Waals surface area (Å²) >= 11 is 7.43. The minimum Gasteiger partial charge on any atom is -0.0884 e. The van der Waals surface area contributed by atoms with Crippen molar-refractivity contribution in [3.63, 3.8) is 0 Å². The summed E-state index contributed by atoms with van der Waals surface area (Å²) in [6.45, 7) is 4.56. The van der Waals surface area contributed by atoms with Gasteiger partial charge >= 0.3 is 0 Å². The van der Waals surface area contributed by atoms with Gasteiger partial charge in [-0.3, -0.25) is 0 Å². The van der Waals surface area contributed by atoms with Crippen molar-refractivity contribution in [2.45, 2.75) is 50.8 Å². The molecule has 96 valence electrons. The van der Waals surface area contributed by atoms with Crippen LogP contribution in [0.15, 0.2) is 28.7 Å². The summed E-state index contributed by atoms with van der Waals surface area (Å²) < 4.78 is 1.18.